The summed E-state index contributed by atoms with van der Waals surface area (Å²) in [5.74, 6) is 0. The summed E-state index contributed by atoms with van der Waals surface area (Å²) in [6, 6.07) is 16.6. The van der Waals surface area contributed by atoms with Crippen LogP contribution in [0.5, 0.6) is 0 Å². The van der Waals surface area contributed by atoms with Crippen LogP contribution in [-0.4, -0.2) is 26.3 Å². The van der Waals surface area contributed by atoms with E-state index in [0.717, 1.165) is 43.0 Å². The molecule has 0 atom stereocenters. The Morgan fingerprint density at radius 3 is 2.55 bits per heavy atom. The van der Waals surface area contributed by atoms with E-state index in [4.69, 9.17) is 4.74 Å². The van der Waals surface area contributed by atoms with Gasteiger partial charge in [0.25, 0.3) is 0 Å². The predicted molar refractivity (Wildman–Crippen MR) is 94.1 cm³/mol. The predicted octanol–water partition coefficient (Wildman–Crippen LogP) is 3.40. The quantitative estimate of drug-likeness (QED) is 0.800. The second-order valence-electron chi connectivity index (χ2n) is 5.22. The lowest BCUT2D eigenvalue weighted by atomic mass is 10.2. The molecule has 0 saturated carbocycles. The maximum absolute atomic E-state index is 5.40. The Morgan fingerprint density at radius 2 is 1.82 bits per heavy atom. The summed E-state index contributed by atoms with van der Waals surface area (Å²) in [4.78, 5) is 2.35. The Morgan fingerprint density at radius 1 is 1.05 bits per heavy atom. The molecule has 2 aromatic carbocycles. The highest BCUT2D eigenvalue weighted by molar-refractivity contribution is 9.10. The van der Waals surface area contributed by atoms with Gasteiger partial charge in [-0.2, -0.15) is 0 Å². The number of anilines is 2. The van der Waals surface area contributed by atoms with E-state index in [2.05, 4.69) is 49.9 Å². The minimum absolute atomic E-state index is 0.749. The standard InChI is InChI=1S/C17H20BrN3O/c18-17-12-16(21-8-10-22-11-9-21)7-6-14(17)13-19-20-15-4-2-1-3-5-15/h1-7,12,19-20H,8-11,13H2. The molecule has 1 fully saturated rings. The lowest BCUT2D eigenvalue weighted by Crippen LogP contribution is -2.36. The monoisotopic (exact) mass is 361 g/mol. The largest absolute Gasteiger partial charge is 0.378 e. The molecule has 0 aliphatic carbocycles. The van der Waals surface area contributed by atoms with Crippen LogP contribution >= 0.6 is 15.9 Å². The summed E-state index contributed by atoms with van der Waals surface area (Å²) in [6.45, 7) is 4.28. The van der Waals surface area contributed by atoms with Gasteiger partial charge < -0.3 is 15.1 Å². The van der Waals surface area contributed by atoms with Gasteiger partial charge in [0.2, 0.25) is 0 Å². The number of hydrogen-bond acceptors (Lipinski definition) is 4. The van der Waals surface area contributed by atoms with Gasteiger partial charge >= 0.3 is 0 Å². The maximum Gasteiger partial charge on any atom is 0.0642 e. The minimum atomic E-state index is 0.749. The molecule has 0 bridgehead atoms. The van der Waals surface area contributed by atoms with Crippen molar-refractivity contribution in [1.29, 1.82) is 0 Å². The first-order valence-corrected chi connectivity index (χ1v) is 8.27. The summed E-state index contributed by atoms with van der Waals surface area (Å²) in [5, 5.41) is 0. The molecule has 22 heavy (non-hydrogen) atoms. The number of halogens is 1. The zero-order valence-electron chi connectivity index (χ0n) is 12.4. The van der Waals surface area contributed by atoms with Crippen molar-refractivity contribution in [3.05, 3.63) is 58.6 Å². The number of hydrogen-bond donors (Lipinski definition) is 2. The molecule has 0 unspecified atom stereocenters. The van der Waals surface area contributed by atoms with Crippen molar-refractivity contribution in [3.8, 4) is 0 Å². The molecule has 2 N–H and O–H groups in total. The van der Waals surface area contributed by atoms with Crippen LogP contribution in [0.2, 0.25) is 0 Å². The van der Waals surface area contributed by atoms with Crippen LogP contribution in [0.15, 0.2) is 53.0 Å². The van der Waals surface area contributed by atoms with E-state index in [1.165, 1.54) is 11.3 Å². The Labute approximate surface area is 139 Å². The van der Waals surface area contributed by atoms with Gasteiger partial charge in [-0.1, -0.05) is 40.2 Å². The highest BCUT2D eigenvalue weighted by Gasteiger charge is 2.12. The highest BCUT2D eigenvalue weighted by Crippen LogP contribution is 2.25. The molecule has 3 rings (SSSR count). The van der Waals surface area contributed by atoms with E-state index < -0.39 is 0 Å². The van der Waals surface area contributed by atoms with Crippen molar-refractivity contribution in [2.75, 3.05) is 36.6 Å². The van der Waals surface area contributed by atoms with E-state index in [1.807, 2.05) is 30.3 Å². The Hall–Kier alpha value is -1.56. The zero-order valence-corrected chi connectivity index (χ0v) is 14.0. The van der Waals surface area contributed by atoms with Crippen LogP contribution in [0.1, 0.15) is 5.56 Å². The molecule has 1 saturated heterocycles. The number of para-hydroxylation sites is 1. The molecule has 0 radical (unpaired) electrons. The normalized spacial score (nSPS) is 14.9. The smallest absolute Gasteiger partial charge is 0.0642 e. The van der Waals surface area contributed by atoms with Crippen molar-refractivity contribution >= 4 is 27.3 Å². The first-order chi connectivity index (χ1) is 10.8. The fourth-order valence-corrected chi connectivity index (χ4v) is 2.97. The lowest BCUT2D eigenvalue weighted by Gasteiger charge is -2.29. The lowest BCUT2D eigenvalue weighted by molar-refractivity contribution is 0.122. The van der Waals surface area contributed by atoms with Crippen molar-refractivity contribution in [2.45, 2.75) is 6.54 Å². The van der Waals surface area contributed by atoms with E-state index in [1.54, 1.807) is 0 Å². The second kappa shape index (κ2) is 7.63. The average molecular weight is 362 g/mol. The van der Waals surface area contributed by atoms with Gasteiger partial charge in [-0.3, -0.25) is 0 Å². The van der Waals surface area contributed by atoms with Crippen LogP contribution in [0.25, 0.3) is 0 Å². The summed E-state index contributed by atoms with van der Waals surface area (Å²) in [6.07, 6.45) is 0. The highest BCUT2D eigenvalue weighted by atomic mass is 79.9. The fourth-order valence-electron chi connectivity index (χ4n) is 2.46. The molecule has 0 spiro atoms. The van der Waals surface area contributed by atoms with Crippen LogP contribution in [0.4, 0.5) is 11.4 Å². The molecule has 5 heteroatoms. The Kier molecular flexibility index (Phi) is 5.32. The summed E-state index contributed by atoms with van der Waals surface area (Å²) >= 11 is 3.67. The van der Waals surface area contributed by atoms with E-state index in [0.29, 0.717) is 0 Å². The Bertz CT molecular complexity index is 600. The molecule has 4 nitrogen and oxygen atoms in total. The first kappa shape index (κ1) is 15.3. The number of nitrogens with zero attached hydrogens (tertiary/aromatic N) is 1. The molecule has 2 aromatic rings. The van der Waals surface area contributed by atoms with E-state index in [-0.39, 0.29) is 0 Å². The second-order valence-corrected chi connectivity index (χ2v) is 6.07. The zero-order chi connectivity index (χ0) is 15.2. The molecular weight excluding hydrogens is 342 g/mol. The third-order valence-electron chi connectivity index (χ3n) is 3.70. The van der Waals surface area contributed by atoms with Gasteiger partial charge in [0.05, 0.1) is 13.2 Å². The third kappa shape index (κ3) is 4.00. The molecular formula is C17H20BrN3O. The van der Waals surface area contributed by atoms with Crippen molar-refractivity contribution in [3.63, 3.8) is 0 Å². The molecule has 1 aliphatic heterocycles. The van der Waals surface area contributed by atoms with E-state index in [9.17, 15) is 0 Å². The molecule has 1 heterocycles. The SMILES string of the molecule is Brc1cc(N2CCOCC2)ccc1CNNc1ccccc1. The van der Waals surface area contributed by atoms with Crippen LogP contribution in [0.3, 0.4) is 0 Å². The molecule has 116 valence electrons. The number of hydrazine groups is 1. The topological polar surface area (TPSA) is 36.5 Å². The number of rotatable bonds is 5. The number of nitrogens with one attached hydrogen (secondary N) is 2. The number of morpholine rings is 1. The first-order valence-electron chi connectivity index (χ1n) is 7.48. The van der Waals surface area contributed by atoms with Crippen molar-refractivity contribution in [2.24, 2.45) is 0 Å². The van der Waals surface area contributed by atoms with Gasteiger partial charge in [0.15, 0.2) is 0 Å². The van der Waals surface area contributed by atoms with E-state index >= 15 is 0 Å². The van der Waals surface area contributed by atoms with Crippen LogP contribution in [0, 0.1) is 0 Å². The fraction of sp³-hybridized carbons (Fsp3) is 0.294. The van der Waals surface area contributed by atoms with Gasteiger partial charge in [0.1, 0.15) is 0 Å². The van der Waals surface area contributed by atoms with Crippen LogP contribution in [-0.2, 0) is 11.3 Å². The van der Waals surface area contributed by atoms with Gasteiger partial charge in [-0.05, 0) is 29.8 Å². The molecule has 0 amide bonds. The van der Waals surface area contributed by atoms with Crippen molar-refractivity contribution in [1.82, 2.24) is 5.43 Å². The summed E-state index contributed by atoms with van der Waals surface area (Å²) in [5.41, 5.74) is 9.97. The third-order valence-corrected chi connectivity index (χ3v) is 4.44. The van der Waals surface area contributed by atoms with Crippen molar-refractivity contribution < 1.29 is 4.74 Å². The van der Waals surface area contributed by atoms with Gasteiger partial charge in [-0.25, -0.2) is 5.43 Å². The number of benzene rings is 2. The average Bonchev–Trinajstić information content (AvgIpc) is 2.58. The number of ether oxygens (including phenoxy) is 1. The molecule has 0 aromatic heterocycles. The minimum Gasteiger partial charge on any atom is -0.378 e. The van der Waals surface area contributed by atoms with Gasteiger partial charge in [-0.15, -0.1) is 0 Å². The van der Waals surface area contributed by atoms with Gasteiger partial charge in [0, 0.05) is 35.5 Å². The van der Waals surface area contributed by atoms with Crippen LogP contribution < -0.4 is 15.8 Å². The summed E-state index contributed by atoms with van der Waals surface area (Å²) in [7, 11) is 0. The Balaban J connectivity index is 1.57. The molecule has 1 aliphatic rings. The summed E-state index contributed by atoms with van der Waals surface area (Å²) < 4.78 is 6.52. The maximum atomic E-state index is 5.40.